The van der Waals surface area contributed by atoms with Crippen molar-refractivity contribution >= 4 is 5.69 Å². The van der Waals surface area contributed by atoms with Crippen molar-refractivity contribution in [3.8, 4) is 11.5 Å². The maximum atomic E-state index is 5.36. The third kappa shape index (κ3) is 3.13. The number of hydrogen-bond acceptors (Lipinski definition) is 4. The Morgan fingerprint density at radius 1 is 1.16 bits per heavy atom. The van der Waals surface area contributed by atoms with Crippen LogP contribution in [0.25, 0.3) is 0 Å². The molecule has 1 atom stereocenters. The normalized spacial score (nSPS) is 19.6. The van der Waals surface area contributed by atoms with Gasteiger partial charge in [-0.15, -0.1) is 0 Å². The van der Waals surface area contributed by atoms with Crippen LogP contribution < -0.4 is 19.7 Å². The first kappa shape index (κ1) is 14.0. The predicted octanol–water partition coefficient (Wildman–Crippen LogP) is 2.14. The Labute approximate surface area is 115 Å². The smallest absolute Gasteiger partial charge is 0.124 e. The molecule has 4 heteroatoms. The van der Waals surface area contributed by atoms with E-state index in [1.165, 1.54) is 5.69 Å². The maximum absolute atomic E-state index is 5.36. The highest BCUT2D eigenvalue weighted by Crippen LogP contribution is 2.31. The summed E-state index contributed by atoms with van der Waals surface area (Å²) in [5, 5.41) is 3.47. The second kappa shape index (κ2) is 6.15. The van der Waals surface area contributed by atoms with Crippen LogP contribution in [0, 0.1) is 5.92 Å². The summed E-state index contributed by atoms with van der Waals surface area (Å²) in [7, 11) is 3.38. The minimum absolute atomic E-state index is 0.505. The number of rotatable bonds is 4. The van der Waals surface area contributed by atoms with Crippen molar-refractivity contribution in [3.05, 3.63) is 18.2 Å². The highest BCUT2D eigenvalue weighted by molar-refractivity contribution is 5.56. The molecule has 4 nitrogen and oxygen atoms in total. The maximum Gasteiger partial charge on any atom is 0.124 e. The summed E-state index contributed by atoms with van der Waals surface area (Å²) >= 11 is 0. The Morgan fingerprint density at radius 2 is 1.79 bits per heavy atom. The molecule has 1 aromatic rings. The molecule has 19 heavy (non-hydrogen) atoms. The molecule has 106 valence electrons. The Bertz CT molecular complexity index is 398. The van der Waals surface area contributed by atoms with E-state index in [4.69, 9.17) is 9.47 Å². The second-order valence-electron chi connectivity index (χ2n) is 5.28. The number of benzene rings is 1. The van der Waals surface area contributed by atoms with Crippen LogP contribution in [0.15, 0.2) is 18.2 Å². The van der Waals surface area contributed by atoms with E-state index in [-0.39, 0.29) is 0 Å². The van der Waals surface area contributed by atoms with Crippen LogP contribution in [0.4, 0.5) is 5.69 Å². The molecule has 1 aliphatic rings. The van der Waals surface area contributed by atoms with Gasteiger partial charge in [-0.2, -0.15) is 0 Å². The lowest BCUT2D eigenvalue weighted by Gasteiger charge is -2.40. The van der Waals surface area contributed by atoms with Gasteiger partial charge in [0.2, 0.25) is 0 Å². The van der Waals surface area contributed by atoms with Crippen LogP contribution in [0.2, 0.25) is 0 Å². The highest BCUT2D eigenvalue weighted by Gasteiger charge is 2.25. The van der Waals surface area contributed by atoms with Gasteiger partial charge in [-0.1, -0.05) is 13.8 Å². The molecule has 1 saturated heterocycles. The fraction of sp³-hybridized carbons (Fsp3) is 0.600. The monoisotopic (exact) mass is 264 g/mol. The molecule has 1 N–H and O–H groups in total. The summed E-state index contributed by atoms with van der Waals surface area (Å²) in [4.78, 5) is 2.45. The molecule has 1 aromatic carbocycles. The number of anilines is 1. The van der Waals surface area contributed by atoms with Gasteiger partial charge >= 0.3 is 0 Å². The number of methoxy groups -OCH3 is 2. The standard InChI is InChI=1S/C15H24N2O2/c1-11(2)15-10-16-5-6-17(15)12-7-13(18-3)9-14(8-12)19-4/h7-9,11,15-16H,5-6,10H2,1-4H3. The zero-order chi connectivity index (χ0) is 13.8. The van der Waals surface area contributed by atoms with Crippen LogP contribution in [-0.2, 0) is 0 Å². The van der Waals surface area contributed by atoms with Gasteiger partial charge in [0, 0.05) is 49.6 Å². The van der Waals surface area contributed by atoms with E-state index in [2.05, 4.69) is 36.2 Å². The topological polar surface area (TPSA) is 33.7 Å². The van der Waals surface area contributed by atoms with Gasteiger partial charge in [0.25, 0.3) is 0 Å². The molecule has 1 fully saturated rings. The van der Waals surface area contributed by atoms with E-state index >= 15 is 0 Å². The van der Waals surface area contributed by atoms with Crippen molar-refractivity contribution < 1.29 is 9.47 Å². The van der Waals surface area contributed by atoms with Crippen LogP contribution in [-0.4, -0.2) is 39.9 Å². The predicted molar refractivity (Wildman–Crippen MR) is 78.4 cm³/mol. The summed E-state index contributed by atoms with van der Waals surface area (Å²) in [6.07, 6.45) is 0. The van der Waals surface area contributed by atoms with Crippen LogP contribution in [0.3, 0.4) is 0 Å². The second-order valence-corrected chi connectivity index (χ2v) is 5.28. The van der Waals surface area contributed by atoms with Crippen LogP contribution in [0.1, 0.15) is 13.8 Å². The van der Waals surface area contributed by atoms with Crippen molar-refractivity contribution in [2.24, 2.45) is 5.92 Å². The highest BCUT2D eigenvalue weighted by atomic mass is 16.5. The number of nitrogens with one attached hydrogen (secondary N) is 1. The molecule has 0 bridgehead atoms. The van der Waals surface area contributed by atoms with Gasteiger partial charge in [-0.05, 0) is 5.92 Å². The molecule has 0 aliphatic carbocycles. The average molecular weight is 264 g/mol. The number of nitrogens with zero attached hydrogens (tertiary/aromatic N) is 1. The molecule has 1 unspecified atom stereocenters. The van der Waals surface area contributed by atoms with Crippen molar-refractivity contribution in [3.63, 3.8) is 0 Å². The van der Waals surface area contributed by atoms with E-state index < -0.39 is 0 Å². The van der Waals surface area contributed by atoms with Gasteiger partial charge in [0.15, 0.2) is 0 Å². The Kier molecular flexibility index (Phi) is 4.53. The molecule has 0 spiro atoms. The number of ether oxygens (including phenoxy) is 2. The third-order valence-corrected chi connectivity index (χ3v) is 3.72. The van der Waals surface area contributed by atoms with Crippen LogP contribution >= 0.6 is 0 Å². The third-order valence-electron chi connectivity index (χ3n) is 3.72. The molecule has 1 heterocycles. The van der Waals surface area contributed by atoms with E-state index in [0.29, 0.717) is 12.0 Å². The fourth-order valence-electron chi connectivity index (χ4n) is 2.60. The van der Waals surface area contributed by atoms with Gasteiger partial charge in [-0.3, -0.25) is 0 Å². The van der Waals surface area contributed by atoms with E-state index in [0.717, 1.165) is 31.1 Å². The summed E-state index contributed by atoms with van der Waals surface area (Å²) in [5.41, 5.74) is 1.18. The largest absolute Gasteiger partial charge is 0.497 e. The first-order valence-corrected chi connectivity index (χ1v) is 6.86. The molecule has 0 saturated carbocycles. The number of hydrogen-bond donors (Lipinski definition) is 1. The van der Waals surface area contributed by atoms with Gasteiger partial charge in [0.1, 0.15) is 11.5 Å². The molecule has 1 aliphatic heterocycles. The number of piperazine rings is 1. The molecule has 2 rings (SSSR count). The summed E-state index contributed by atoms with van der Waals surface area (Å²) in [6.45, 7) is 7.59. The first-order chi connectivity index (χ1) is 9.15. The van der Waals surface area contributed by atoms with Gasteiger partial charge in [-0.25, -0.2) is 0 Å². The Balaban J connectivity index is 2.32. The van der Waals surface area contributed by atoms with Crippen molar-refractivity contribution in [2.45, 2.75) is 19.9 Å². The Hall–Kier alpha value is -1.42. The lowest BCUT2D eigenvalue weighted by molar-refractivity contribution is 0.382. The summed E-state index contributed by atoms with van der Waals surface area (Å²) in [6, 6.07) is 6.59. The first-order valence-electron chi connectivity index (χ1n) is 6.86. The minimum Gasteiger partial charge on any atom is -0.497 e. The van der Waals surface area contributed by atoms with Crippen molar-refractivity contribution in [1.82, 2.24) is 5.32 Å². The van der Waals surface area contributed by atoms with Crippen molar-refractivity contribution in [2.75, 3.05) is 38.8 Å². The lowest BCUT2D eigenvalue weighted by Crippen LogP contribution is -2.53. The zero-order valence-electron chi connectivity index (χ0n) is 12.3. The average Bonchev–Trinajstić information content (AvgIpc) is 2.46. The molecule has 0 radical (unpaired) electrons. The minimum atomic E-state index is 0.505. The quantitative estimate of drug-likeness (QED) is 0.903. The van der Waals surface area contributed by atoms with Crippen molar-refractivity contribution in [1.29, 1.82) is 0 Å². The lowest BCUT2D eigenvalue weighted by atomic mass is 9.99. The molecular formula is C15H24N2O2. The summed E-state index contributed by atoms with van der Waals surface area (Å²) in [5.74, 6) is 2.29. The van der Waals surface area contributed by atoms with Gasteiger partial charge in [0.05, 0.1) is 14.2 Å². The van der Waals surface area contributed by atoms with Gasteiger partial charge < -0.3 is 19.7 Å². The summed E-state index contributed by atoms with van der Waals surface area (Å²) < 4.78 is 10.7. The van der Waals surface area contributed by atoms with E-state index in [9.17, 15) is 0 Å². The molecule has 0 aromatic heterocycles. The van der Waals surface area contributed by atoms with Crippen LogP contribution in [0.5, 0.6) is 11.5 Å². The molecule has 0 amide bonds. The molecular weight excluding hydrogens is 240 g/mol. The Morgan fingerprint density at radius 3 is 2.32 bits per heavy atom. The SMILES string of the molecule is COc1cc(OC)cc(N2CCNCC2C(C)C)c1. The van der Waals surface area contributed by atoms with E-state index in [1.54, 1.807) is 14.2 Å². The van der Waals surface area contributed by atoms with E-state index in [1.807, 2.05) is 6.07 Å². The zero-order valence-corrected chi connectivity index (χ0v) is 12.3. The fourth-order valence-corrected chi connectivity index (χ4v) is 2.60.